The number of esters is 1. The van der Waals surface area contributed by atoms with Crippen molar-refractivity contribution in [3.63, 3.8) is 0 Å². The molecule has 1 aromatic carbocycles. The zero-order valence-corrected chi connectivity index (χ0v) is 11.9. The fourth-order valence-corrected chi connectivity index (χ4v) is 1.62. The quantitative estimate of drug-likeness (QED) is 0.646. The van der Waals surface area contributed by atoms with Gasteiger partial charge in [0.25, 0.3) is 0 Å². The molecule has 0 amide bonds. The molecule has 1 rings (SSSR count). The summed E-state index contributed by atoms with van der Waals surface area (Å²) in [6, 6.07) is 4.76. The van der Waals surface area contributed by atoms with E-state index in [2.05, 4.69) is 0 Å². The van der Waals surface area contributed by atoms with Crippen LogP contribution in [-0.2, 0) is 14.3 Å². The highest BCUT2D eigenvalue weighted by atomic mass is 35.5. The summed E-state index contributed by atoms with van der Waals surface area (Å²) in [6.45, 7) is 3.55. The molecule has 0 fully saturated rings. The second-order valence-electron chi connectivity index (χ2n) is 3.87. The molecule has 108 valence electrons. The van der Waals surface area contributed by atoms with Crippen molar-refractivity contribution >= 4 is 29.6 Å². The molecule has 0 aliphatic heterocycles. The van der Waals surface area contributed by atoms with Crippen molar-refractivity contribution in [1.29, 1.82) is 0 Å². The molecular weight excluding hydrogens is 284 g/mol. The maximum atomic E-state index is 11.4. The fraction of sp³-hybridized carbons (Fsp3) is 0.286. The average molecular weight is 299 g/mol. The van der Waals surface area contributed by atoms with Gasteiger partial charge in [-0.2, -0.15) is 0 Å². The van der Waals surface area contributed by atoms with E-state index in [1.807, 2.05) is 0 Å². The average Bonchev–Trinajstić information content (AvgIpc) is 2.39. The van der Waals surface area contributed by atoms with Crippen LogP contribution in [0.5, 0.6) is 5.75 Å². The molecule has 1 aromatic rings. The summed E-state index contributed by atoms with van der Waals surface area (Å²) >= 11 is 6.01. The van der Waals surface area contributed by atoms with Gasteiger partial charge in [-0.15, -0.1) is 0 Å². The minimum atomic E-state index is -1.04. The van der Waals surface area contributed by atoms with E-state index in [0.29, 0.717) is 11.3 Å². The molecule has 20 heavy (non-hydrogen) atoms. The van der Waals surface area contributed by atoms with Crippen molar-refractivity contribution in [3.8, 4) is 5.75 Å². The van der Waals surface area contributed by atoms with Crippen LogP contribution in [-0.4, -0.2) is 29.8 Å². The van der Waals surface area contributed by atoms with Crippen LogP contribution in [0.25, 0.3) is 6.08 Å². The lowest BCUT2D eigenvalue weighted by Crippen LogP contribution is -2.26. The number of carboxylic acid groups (broad SMARTS) is 1. The van der Waals surface area contributed by atoms with Crippen LogP contribution < -0.4 is 4.74 Å². The number of benzene rings is 1. The van der Waals surface area contributed by atoms with Crippen molar-refractivity contribution in [2.75, 3.05) is 6.61 Å². The Kier molecular flexibility index (Phi) is 6.06. The highest BCUT2D eigenvalue weighted by molar-refractivity contribution is 6.32. The van der Waals surface area contributed by atoms with Crippen molar-refractivity contribution in [2.24, 2.45) is 0 Å². The first-order valence-corrected chi connectivity index (χ1v) is 6.35. The predicted octanol–water partition coefficient (Wildman–Crippen LogP) is 2.77. The van der Waals surface area contributed by atoms with Gasteiger partial charge in [-0.05, 0) is 37.6 Å². The number of hydrogen-bond acceptors (Lipinski definition) is 4. The highest BCUT2D eigenvalue weighted by Crippen LogP contribution is 2.27. The van der Waals surface area contributed by atoms with Crippen LogP contribution in [0.1, 0.15) is 19.4 Å². The summed E-state index contributed by atoms with van der Waals surface area (Å²) in [7, 11) is 0. The molecular formula is C14H15ClO5. The largest absolute Gasteiger partial charge is 0.478 e. The number of halogens is 1. The number of ether oxygens (including phenoxy) is 2. The van der Waals surface area contributed by atoms with Gasteiger partial charge >= 0.3 is 11.9 Å². The zero-order chi connectivity index (χ0) is 15.1. The van der Waals surface area contributed by atoms with Gasteiger partial charge in [0.1, 0.15) is 5.75 Å². The van der Waals surface area contributed by atoms with Crippen LogP contribution in [0.3, 0.4) is 0 Å². The molecule has 1 atom stereocenters. The topological polar surface area (TPSA) is 72.8 Å². The Morgan fingerprint density at radius 2 is 2.15 bits per heavy atom. The maximum absolute atomic E-state index is 11.4. The molecule has 0 heterocycles. The molecule has 1 N–H and O–H groups in total. The third-order valence-corrected chi connectivity index (χ3v) is 2.59. The van der Waals surface area contributed by atoms with Crippen LogP contribution >= 0.6 is 11.6 Å². The van der Waals surface area contributed by atoms with E-state index in [9.17, 15) is 9.59 Å². The van der Waals surface area contributed by atoms with Gasteiger partial charge in [0.15, 0.2) is 6.10 Å². The molecule has 5 nitrogen and oxygen atoms in total. The lowest BCUT2D eigenvalue weighted by Gasteiger charge is -2.14. The van der Waals surface area contributed by atoms with E-state index in [4.69, 9.17) is 26.2 Å². The third kappa shape index (κ3) is 4.93. The first-order chi connectivity index (χ1) is 9.43. The number of carboxylic acids is 1. The summed E-state index contributed by atoms with van der Waals surface area (Å²) in [6.07, 6.45) is 1.65. The van der Waals surface area contributed by atoms with E-state index in [1.165, 1.54) is 6.08 Å². The van der Waals surface area contributed by atoms with Crippen LogP contribution in [0.2, 0.25) is 5.02 Å². The van der Waals surface area contributed by atoms with E-state index in [0.717, 1.165) is 6.08 Å². The first-order valence-electron chi connectivity index (χ1n) is 5.98. The number of carbonyl (C=O) groups excluding carboxylic acids is 1. The van der Waals surface area contributed by atoms with Gasteiger partial charge in [-0.3, -0.25) is 0 Å². The smallest absolute Gasteiger partial charge is 0.347 e. The Hall–Kier alpha value is -2.01. The second-order valence-corrected chi connectivity index (χ2v) is 4.28. The Morgan fingerprint density at radius 3 is 2.70 bits per heavy atom. The van der Waals surface area contributed by atoms with Crippen LogP contribution in [0.4, 0.5) is 0 Å². The van der Waals surface area contributed by atoms with E-state index >= 15 is 0 Å². The molecule has 0 radical (unpaired) electrons. The van der Waals surface area contributed by atoms with Gasteiger partial charge in [-0.1, -0.05) is 17.7 Å². The summed E-state index contributed by atoms with van der Waals surface area (Å²) in [4.78, 5) is 21.8. The maximum Gasteiger partial charge on any atom is 0.347 e. The summed E-state index contributed by atoms with van der Waals surface area (Å²) in [5, 5.41) is 8.82. The second kappa shape index (κ2) is 7.55. The first kappa shape index (κ1) is 16.0. The number of aliphatic carboxylic acids is 1. The highest BCUT2D eigenvalue weighted by Gasteiger charge is 2.17. The molecule has 0 saturated carbocycles. The molecule has 0 aliphatic carbocycles. The Morgan fingerprint density at radius 1 is 1.45 bits per heavy atom. The van der Waals surface area contributed by atoms with Crippen molar-refractivity contribution < 1.29 is 24.2 Å². The standard InChI is InChI=1S/C14H15ClO5/c1-3-19-14(18)9(2)20-12-6-4-10(8-11(12)15)5-7-13(16)17/h4-9H,3H2,1-2H3,(H,16,17). The van der Waals surface area contributed by atoms with Gasteiger partial charge in [0.05, 0.1) is 11.6 Å². The van der Waals surface area contributed by atoms with Crippen molar-refractivity contribution in [3.05, 3.63) is 34.9 Å². The van der Waals surface area contributed by atoms with E-state index in [1.54, 1.807) is 32.0 Å². The van der Waals surface area contributed by atoms with Crippen molar-refractivity contribution in [2.45, 2.75) is 20.0 Å². The number of rotatable bonds is 6. The number of hydrogen-bond donors (Lipinski definition) is 1. The molecule has 0 aromatic heterocycles. The van der Waals surface area contributed by atoms with Gasteiger partial charge in [0, 0.05) is 6.08 Å². The fourth-order valence-electron chi connectivity index (χ4n) is 1.38. The lowest BCUT2D eigenvalue weighted by atomic mass is 10.2. The van der Waals surface area contributed by atoms with E-state index in [-0.39, 0.29) is 11.6 Å². The Balaban J connectivity index is 2.78. The number of carbonyl (C=O) groups is 2. The monoisotopic (exact) mass is 298 g/mol. The van der Waals surface area contributed by atoms with Crippen LogP contribution in [0.15, 0.2) is 24.3 Å². The molecule has 0 saturated heterocycles. The minimum absolute atomic E-state index is 0.277. The van der Waals surface area contributed by atoms with Gasteiger partial charge in [0.2, 0.25) is 0 Å². The zero-order valence-electron chi connectivity index (χ0n) is 11.1. The van der Waals surface area contributed by atoms with E-state index < -0.39 is 18.0 Å². The molecule has 0 bridgehead atoms. The summed E-state index contributed by atoms with van der Waals surface area (Å²) in [5.74, 6) is -1.18. The minimum Gasteiger partial charge on any atom is -0.478 e. The molecule has 0 spiro atoms. The predicted molar refractivity (Wildman–Crippen MR) is 74.8 cm³/mol. The molecule has 6 heteroatoms. The normalized spacial score (nSPS) is 12.2. The SMILES string of the molecule is CCOC(=O)C(C)Oc1ccc(C=CC(=O)O)cc1Cl. The van der Waals surface area contributed by atoms with Gasteiger partial charge in [-0.25, -0.2) is 9.59 Å². The third-order valence-electron chi connectivity index (χ3n) is 2.30. The summed E-state index contributed by atoms with van der Waals surface area (Å²) < 4.78 is 10.2. The summed E-state index contributed by atoms with van der Waals surface area (Å²) in [5.41, 5.74) is 0.619. The van der Waals surface area contributed by atoms with Crippen LogP contribution in [0, 0.1) is 0 Å². The van der Waals surface area contributed by atoms with Crippen molar-refractivity contribution in [1.82, 2.24) is 0 Å². The Bertz CT molecular complexity index is 524. The molecule has 0 aliphatic rings. The lowest BCUT2D eigenvalue weighted by molar-refractivity contribution is -0.150. The molecule has 1 unspecified atom stereocenters. The van der Waals surface area contributed by atoms with Gasteiger partial charge < -0.3 is 14.6 Å². The Labute approximate surface area is 121 Å².